The van der Waals surface area contributed by atoms with Crippen LogP contribution in [0.25, 0.3) is 20.7 Å². The molecule has 3 heterocycles. The van der Waals surface area contributed by atoms with Crippen molar-refractivity contribution in [3.05, 3.63) is 52.0 Å². The molecular formula is C21H20ClN3O4S. The van der Waals surface area contributed by atoms with Crippen molar-refractivity contribution in [2.45, 2.75) is 19.4 Å². The smallest absolute Gasteiger partial charge is 0.308 e. The average molecular weight is 446 g/mol. The second kappa shape index (κ2) is 8.57. The summed E-state index contributed by atoms with van der Waals surface area (Å²) in [5.41, 5.74) is 1.33. The molecule has 3 aromatic rings. The molecule has 1 fully saturated rings. The van der Waals surface area contributed by atoms with Crippen molar-refractivity contribution >= 4 is 45.0 Å². The molecule has 1 aromatic carbocycles. The minimum atomic E-state index is -0.234. The fourth-order valence-electron chi connectivity index (χ4n) is 3.59. The van der Waals surface area contributed by atoms with E-state index in [0.29, 0.717) is 41.2 Å². The summed E-state index contributed by atoms with van der Waals surface area (Å²) >= 11 is 7.30. The van der Waals surface area contributed by atoms with Crippen LogP contribution < -0.4 is 5.56 Å². The van der Waals surface area contributed by atoms with Crippen LogP contribution in [-0.4, -0.2) is 46.5 Å². The van der Waals surface area contributed by atoms with Crippen molar-refractivity contribution < 1.29 is 14.3 Å². The number of likely N-dealkylation sites (tertiary alicyclic amines) is 1. The van der Waals surface area contributed by atoms with E-state index in [2.05, 4.69) is 4.98 Å². The van der Waals surface area contributed by atoms with Crippen LogP contribution in [0.1, 0.15) is 12.8 Å². The van der Waals surface area contributed by atoms with Gasteiger partial charge in [0.1, 0.15) is 11.2 Å². The quantitative estimate of drug-likeness (QED) is 0.576. The van der Waals surface area contributed by atoms with Crippen LogP contribution in [0, 0.1) is 5.92 Å². The molecule has 0 atom stereocenters. The van der Waals surface area contributed by atoms with E-state index in [0.717, 1.165) is 10.4 Å². The van der Waals surface area contributed by atoms with Gasteiger partial charge in [-0.1, -0.05) is 23.7 Å². The Labute approximate surface area is 181 Å². The maximum absolute atomic E-state index is 12.9. The fraction of sp³-hybridized carbons (Fsp3) is 0.333. The number of benzene rings is 1. The summed E-state index contributed by atoms with van der Waals surface area (Å²) in [4.78, 5) is 44.2. The number of rotatable bonds is 4. The van der Waals surface area contributed by atoms with Crippen LogP contribution in [0.4, 0.5) is 0 Å². The lowest BCUT2D eigenvalue weighted by Gasteiger charge is -2.30. The predicted octanol–water partition coefficient (Wildman–Crippen LogP) is 3.19. The van der Waals surface area contributed by atoms with Gasteiger partial charge in [-0.05, 0) is 36.6 Å². The van der Waals surface area contributed by atoms with Crippen LogP contribution in [0.15, 0.2) is 41.5 Å². The number of aromatic nitrogens is 2. The molecule has 1 amide bonds. The van der Waals surface area contributed by atoms with E-state index in [-0.39, 0.29) is 29.9 Å². The number of piperidine rings is 1. The first-order chi connectivity index (χ1) is 14.5. The van der Waals surface area contributed by atoms with Gasteiger partial charge in [0.05, 0.1) is 24.9 Å². The molecule has 0 aliphatic carbocycles. The van der Waals surface area contributed by atoms with Gasteiger partial charge < -0.3 is 9.64 Å². The number of esters is 1. The van der Waals surface area contributed by atoms with E-state index in [1.165, 1.54) is 29.3 Å². The van der Waals surface area contributed by atoms with E-state index in [9.17, 15) is 14.4 Å². The third-order valence-electron chi connectivity index (χ3n) is 5.32. The highest BCUT2D eigenvalue weighted by atomic mass is 35.5. The van der Waals surface area contributed by atoms with Crippen molar-refractivity contribution in [2.24, 2.45) is 5.92 Å². The number of ether oxygens (including phenoxy) is 1. The van der Waals surface area contributed by atoms with Crippen LogP contribution in [0.2, 0.25) is 5.02 Å². The first-order valence-corrected chi connectivity index (χ1v) is 10.8. The molecule has 2 aromatic heterocycles. The van der Waals surface area contributed by atoms with Crippen LogP contribution in [0.3, 0.4) is 0 Å². The summed E-state index contributed by atoms with van der Waals surface area (Å²) < 4.78 is 6.64. The van der Waals surface area contributed by atoms with Gasteiger partial charge in [0.2, 0.25) is 5.91 Å². The zero-order chi connectivity index (χ0) is 21.3. The maximum atomic E-state index is 12.9. The first-order valence-electron chi connectivity index (χ1n) is 9.57. The number of nitrogens with zero attached hydrogens (tertiary/aromatic N) is 3. The summed E-state index contributed by atoms with van der Waals surface area (Å²) in [6.45, 7) is 0.879. The summed E-state index contributed by atoms with van der Waals surface area (Å²) in [7, 11) is 1.37. The topological polar surface area (TPSA) is 81.5 Å². The van der Waals surface area contributed by atoms with E-state index >= 15 is 0 Å². The number of carbonyl (C=O) groups excluding carboxylic acids is 2. The number of methoxy groups -OCH3 is 1. The van der Waals surface area contributed by atoms with Crippen LogP contribution in [-0.2, 0) is 20.9 Å². The molecule has 30 heavy (non-hydrogen) atoms. The Hall–Kier alpha value is -2.71. The zero-order valence-electron chi connectivity index (χ0n) is 16.3. The lowest BCUT2D eigenvalue weighted by Crippen LogP contribution is -2.43. The number of fused-ring (bicyclic) bond motifs is 1. The van der Waals surface area contributed by atoms with E-state index in [1.54, 1.807) is 17.0 Å². The average Bonchev–Trinajstić information content (AvgIpc) is 3.21. The Morgan fingerprint density at radius 3 is 2.60 bits per heavy atom. The molecule has 156 valence electrons. The van der Waals surface area contributed by atoms with Gasteiger partial charge in [0.15, 0.2) is 0 Å². The van der Waals surface area contributed by atoms with Crippen molar-refractivity contribution in [3.63, 3.8) is 0 Å². The summed E-state index contributed by atoms with van der Waals surface area (Å²) in [5, 5.41) is 0.648. The molecule has 4 rings (SSSR count). The molecule has 9 heteroatoms. The number of thiophene rings is 1. The minimum absolute atomic E-state index is 0.0706. The Balaban J connectivity index is 1.50. The van der Waals surface area contributed by atoms with Crippen molar-refractivity contribution in [3.8, 4) is 10.4 Å². The fourth-order valence-corrected chi connectivity index (χ4v) is 4.78. The van der Waals surface area contributed by atoms with E-state index in [4.69, 9.17) is 16.3 Å². The van der Waals surface area contributed by atoms with Crippen molar-refractivity contribution in [1.29, 1.82) is 0 Å². The second-order valence-corrected chi connectivity index (χ2v) is 8.68. The Bertz CT molecular complexity index is 1150. The van der Waals surface area contributed by atoms with Gasteiger partial charge in [-0.25, -0.2) is 4.98 Å². The minimum Gasteiger partial charge on any atom is -0.469 e. The highest BCUT2D eigenvalue weighted by Crippen LogP contribution is 2.31. The monoisotopic (exact) mass is 445 g/mol. The van der Waals surface area contributed by atoms with Crippen molar-refractivity contribution in [1.82, 2.24) is 14.5 Å². The van der Waals surface area contributed by atoms with Gasteiger partial charge >= 0.3 is 5.97 Å². The standard InChI is InChI=1S/C21H20ClN3O4S/c1-29-21(28)14-6-8-24(9-7-14)18(26)11-25-12-23-16-10-17(30-19(16)20(25)27)13-2-4-15(22)5-3-13/h2-5,10,12,14H,6-9,11H2,1H3. The molecule has 0 bridgehead atoms. The number of carbonyl (C=O) groups is 2. The Morgan fingerprint density at radius 1 is 1.23 bits per heavy atom. The highest BCUT2D eigenvalue weighted by molar-refractivity contribution is 7.22. The van der Waals surface area contributed by atoms with E-state index < -0.39 is 0 Å². The van der Waals surface area contributed by atoms with Gasteiger partial charge in [-0.3, -0.25) is 19.0 Å². The third kappa shape index (κ3) is 4.11. The number of hydrogen-bond donors (Lipinski definition) is 0. The molecule has 0 unspecified atom stereocenters. The summed E-state index contributed by atoms with van der Waals surface area (Å²) in [6, 6.07) is 9.26. The molecule has 0 N–H and O–H groups in total. The summed E-state index contributed by atoms with van der Waals surface area (Å²) in [5.74, 6) is -0.560. The predicted molar refractivity (Wildman–Crippen MR) is 116 cm³/mol. The van der Waals surface area contributed by atoms with Gasteiger partial charge in [0, 0.05) is 23.0 Å². The molecule has 1 aliphatic rings. The molecule has 7 nitrogen and oxygen atoms in total. The molecule has 0 radical (unpaired) electrons. The second-order valence-electron chi connectivity index (χ2n) is 7.19. The SMILES string of the molecule is COC(=O)C1CCN(C(=O)Cn2cnc3cc(-c4ccc(Cl)cc4)sc3c2=O)CC1. The summed E-state index contributed by atoms with van der Waals surface area (Å²) in [6.07, 6.45) is 2.56. The normalized spacial score (nSPS) is 14.8. The van der Waals surface area contributed by atoms with Crippen LogP contribution in [0.5, 0.6) is 0 Å². The first kappa shape index (κ1) is 20.6. The zero-order valence-corrected chi connectivity index (χ0v) is 17.9. The molecule has 1 aliphatic heterocycles. The van der Waals surface area contributed by atoms with Gasteiger partial charge in [-0.15, -0.1) is 11.3 Å². The van der Waals surface area contributed by atoms with Crippen LogP contribution >= 0.6 is 22.9 Å². The lowest BCUT2D eigenvalue weighted by atomic mass is 9.97. The Kier molecular flexibility index (Phi) is 5.87. The maximum Gasteiger partial charge on any atom is 0.308 e. The molecule has 1 saturated heterocycles. The van der Waals surface area contributed by atoms with Gasteiger partial charge in [0.25, 0.3) is 5.56 Å². The molecule has 0 spiro atoms. The Morgan fingerprint density at radius 2 is 1.93 bits per heavy atom. The lowest BCUT2D eigenvalue weighted by molar-refractivity contribution is -0.149. The molecule has 0 saturated carbocycles. The number of hydrogen-bond acceptors (Lipinski definition) is 6. The number of amides is 1. The third-order valence-corrected chi connectivity index (χ3v) is 6.73. The van der Waals surface area contributed by atoms with E-state index in [1.807, 2.05) is 18.2 Å². The number of halogens is 1. The largest absolute Gasteiger partial charge is 0.469 e. The van der Waals surface area contributed by atoms with Gasteiger partial charge in [-0.2, -0.15) is 0 Å². The highest BCUT2D eigenvalue weighted by Gasteiger charge is 2.28. The molecular weight excluding hydrogens is 426 g/mol. The van der Waals surface area contributed by atoms with Crippen molar-refractivity contribution in [2.75, 3.05) is 20.2 Å².